The van der Waals surface area contributed by atoms with Crippen molar-refractivity contribution in [2.75, 3.05) is 57.8 Å². The lowest BCUT2D eigenvalue weighted by atomic mass is 10.1. The first-order valence-electron chi connectivity index (χ1n) is 12.8. The van der Waals surface area contributed by atoms with E-state index in [0.29, 0.717) is 0 Å². The standard InChI is InChI=1S/C29H36N4O2/c1-35-27-14-18-32(16-8-15-30-19-21-31(22-20-30)25-11-6-3-7-12-25)29(34)26-13-17-33(28(26)27)23-24-9-4-2-5-10-24/h2-7,9-13,17,27H,8,14-16,18-23H2,1H3. The summed E-state index contributed by atoms with van der Waals surface area (Å²) in [5, 5.41) is 0. The molecule has 2 aliphatic rings. The van der Waals surface area contributed by atoms with E-state index in [0.717, 1.165) is 76.5 Å². The van der Waals surface area contributed by atoms with Gasteiger partial charge < -0.3 is 19.1 Å². The second-order valence-electron chi connectivity index (χ2n) is 9.55. The van der Waals surface area contributed by atoms with E-state index in [1.54, 1.807) is 7.11 Å². The molecule has 184 valence electrons. The highest BCUT2D eigenvalue weighted by molar-refractivity contribution is 5.96. The van der Waals surface area contributed by atoms with Crippen LogP contribution in [0.4, 0.5) is 5.69 Å². The number of benzene rings is 2. The molecule has 0 radical (unpaired) electrons. The molecule has 1 amide bonds. The minimum atomic E-state index is -0.0660. The molecule has 0 saturated carbocycles. The number of aromatic nitrogens is 1. The van der Waals surface area contributed by atoms with E-state index >= 15 is 0 Å². The number of hydrogen-bond donors (Lipinski definition) is 0. The number of piperazine rings is 1. The van der Waals surface area contributed by atoms with Crippen molar-refractivity contribution in [1.82, 2.24) is 14.4 Å². The van der Waals surface area contributed by atoms with E-state index in [-0.39, 0.29) is 12.0 Å². The van der Waals surface area contributed by atoms with Crippen molar-refractivity contribution in [1.29, 1.82) is 0 Å². The molecule has 1 atom stereocenters. The summed E-state index contributed by atoms with van der Waals surface area (Å²) in [6.45, 7) is 7.56. The molecule has 3 heterocycles. The Kier molecular flexibility index (Phi) is 7.50. The van der Waals surface area contributed by atoms with Gasteiger partial charge in [0.25, 0.3) is 5.91 Å². The zero-order valence-corrected chi connectivity index (χ0v) is 20.7. The predicted octanol–water partition coefficient (Wildman–Crippen LogP) is 4.28. The fourth-order valence-corrected chi connectivity index (χ4v) is 5.42. The minimum absolute atomic E-state index is 0.0660. The minimum Gasteiger partial charge on any atom is -0.375 e. The van der Waals surface area contributed by atoms with Crippen LogP contribution in [-0.2, 0) is 11.3 Å². The van der Waals surface area contributed by atoms with Crippen LogP contribution < -0.4 is 4.90 Å². The largest absolute Gasteiger partial charge is 0.375 e. The number of carbonyl (C=O) groups excluding carboxylic acids is 1. The van der Waals surface area contributed by atoms with E-state index in [4.69, 9.17) is 4.74 Å². The topological polar surface area (TPSA) is 41.0 Å². The third-order valence-electron chi connectivity index (χ3n) is 7.37. The van der Waals surface area contributed by atoms with Gasteiger partial charge in [-0.25, -0.2) is 0 Å². The van der Waals surface area contributed by atoms with E-state index in [2.05, 4.69) is 69.0 Å². The van der Waals surface area contributed by atoms with Gasteiger partial charge in [0.2, 0.25) is 0 Å². The van der Waals surface area contributed by atoms with Gasteiger partial charge in [0.05, 0.1) is 17.4 Å². The van der Waals surface area contributed by atoms with Crippen LogP contribution in [0.1, 0.15) is 40.6 Å². The highest BCUT2D eigenvalue weighted by Crippen LogP contribution is 2.31. The lowest BCUT2D eigenvalue weighted by Gasteiger charge is -2.36. The average molecular weight is 473 g/mol. The average Bonchev–Trinajstić information content (AvgIpc) is 3.26. The monoisotopic (exact) mass is 472 g/mol. The molecular formula is C29H36N4O2. The molecule has 2 aromatic carbocycles. The summed E-state index contributed by atoms with van der Waals surface area (Å²) in [5.74, 6) is 0.139. The van der Waals surface area contributed by atoms with Gasteiger partial charge in [0.1, 0.15) is 0 Å². The Morgan fingerprint density at radius 1 is 0.857 bits per heavy atom. The summed E-state index contributed by atoms with van der Waals surface area (Å²) >= 11 is 0. The maximum Gasteiger partial charge on any atom is 0.255 e. The van der Waals surface area contributed by atoms with Gasteiger partial charge in [-0.15, -0.1) is 0 Å². The molecule has 1 saturated heterocycles. The Balaban J connectivity index is 1.17. The quantitative estimate of drug-likeness (QED) is 0.491. The number of fused-ring (bicyclic) bond motifs is 1. The Hall–Kier alpha value is -3.09. The van der Waals surface area contributed by atoms with Crippen LogP contribution in [0.2, 0.25) is 0 Å². The Morgan fingerprint density at radius 2 is 1.57 bits per heavy atom. The van der Waals surface area contributed by atoms with Gasteiger partial charge in [-0.3, -0.25) is 9.69 Å². The summed E-state index contributed by atoms with van der Waals surface area (Å²) < 4.78 is 8.05. The van der Waals surface area contributed by atoms with Crippen molar-refractivity contribution < 1.29 is 9.53 Å². The number of hydrogen-bond acceptors (Lipinski definition) is 4. The SMILES string of the molecule is COC1CCN(CCCN2CCN(c3ccccc3)CC2)C(=O)c2ccn(Cc3ccccc3)c21. The molecule has 2 aliphatic heterocycles. The van der Waals surface area contributed by atoms with Crippen LogP contribution in [0.15, 0.2) is 72.9 Å². The molecule has 1 fully saturated rings. The van der Waals surface area contributed by atoms with Gasteiger partial charge in [-0.2, -0.15) is 0 Å². The molecule has 6 nitrogen and oxygen atoms in total. The zero-order chi connectivity index (χ0) is 24.0. The lowest BCUT2D eigenvalue weighted by molar-refractivity contribution is 0.0688. The summed E-state index contributed by atoms with van der Waals surface area (Å²) in [6, 6.07) is 23.0. The first-order valence-corrected chi connectivity index (χ1v) is 12.8. The summed E-state index contributed by atoms with van der Waals surface area (Å²) in [6.07, 6.45) is 3.79. The van der Waals surface area contributed by atoms with Gasteiger partial charge in [-0.1, -0.05) is 48.5 Å². The summed E-state index contributed by atoms with van der Waals surface area (Å²) in [7, 11) is 1.75. The van der Waals surface area contributed by atoms with Gasteiger partial charge in [0.15, 0.2) is 0 Å². The molecular weight excluding hydrogens is 436 g/mol. The van der Waals surface area contributed by atoms with Crippen molar-refractivity contribution in [3.63, 3.8) is 0 Å². The van der Waals surface area contributed by atoms with Crippen molar-refractivity contribution in [2.45, 2.75) is 25.5 Å². The first kappa shape index (κ1) is 23.6. The van der Waals surface area contributed by atoms with Gasteiger partial charge in [-0.05, 0) is 43.1 Å². The van der Waals surface area contributed by atoms with Crippen LogP contribution in [0.3, 0.4) is 0 Å². The molecule has 35 heavy (non-hydrogen) atoms. The Bertz CT molecular complexity index is 1090. The van der Waals surface area contributed by atoms with E-state index < -0.39 is 0 Å². The van der Waals surface area contributed by atoms with Crippen LogP contribution in [-0.4, -0.2) is 73.2 Å². The van der Waals surface area contributed by atoms with E-state index in [1.165, 1.54) is 11.3 Å². The van der Waals surface area contributed by atoms with Crippen molar-refractivity contribution in [2.24, 2.45) is 0 Å². The van der Waals surface area contributed by atoms with Crippen molar-refractivity contribution >= 4 is 11.6 Å². The van der Waals surface area contributed by atoms with Crippen LogP contribution in [0, 0.1) is 0 Å². The molecule has 1 unspecified atom stereocenters. The first-order chi connectivity index (χ1) is 17.2. The maximum absolute atomic E-state index is 13.5. The predicted molar refractivity (Wildman–Crippen MR) is 140 cm³/mol. The number of carbonyl (C=O) groups is 1. The number of ether oxygens (including phenoxy) is 1. The molecule has 5 rings (SSSR count). The van der Waals surface area contributed by atoms with Gasteiger partial charge >= 0.3 is 0 Å². The maximum atomic E-state index is 13.5. The number of methoxy groups -OCH3 is 1. The fourth-order valence-electron chi connectivity index (χ4n) is 5.42. The van der Waals surface area contributed by atoms with Crippen LogP contribution in [0.25, 0.3) is 0 Å². The number of amides is 1. The fraction of sp³-hybridized carbons (Fsp3) is 0.414. The number of anilines is 1. The molecule has 6 heteroatoms. The molecule has 0 aliphatic carbocycles. The highest BCUT2D eigenvalue weighted by atomic mass is 16.5. The summed E-state index contributed by atoms with van der Waals surface area (Å²) in [4.78, 5) is 20.5. The highest BCUT2D eigenvalue weighted by Gasteiger charge is 2.31. The molecule has 1 aromatic heterocycles. The number of nitrogens with zero attached hydrogens (tertiary/aromatic N) is 4. The van der Waals surface area contributed by atoms with Crippen LogP contribution >= 0.6 is 0 Å². The lowest BCUT2D eigenvalue weighted by Crippen LogP contribution is -2.47. The second-order valence-corrected chi connectivity index (χ2v) is 9.55. The molecule has 0 N–H and O–H groups in total. The molecule has 3 aromatic rings. The molecule has 0 spiro atoms. The smallest absolute Gasteiger partial charge is 0.255 e. The van der Waals surface area contributed by atoms with Crippen molar-refractivity contribution in [3.8, 4) is 0 Å². The number of rotatable bonds is 8. The Labute approximate surface area is 208 Å². The number of para-hydroxylation sites is 1. The normalized spacial score (nSPS) is 19.0. The summed E-state index contributed by atoms with van der Waals surface area (Å²) in [5.41, 5.74) is 4.34. The van der Waals surface area contributed by atoms with Crippen LogP contribution in [0.5, 0.6) is 0 Å². The van der Waals surface area contributed by atoms with E-state index in [1.807, 2.05) is 23.2 Å². The van der Waals surface area contributed by atoms with Gasteiger partial charge in [0, 0.05) is 64.8 Å². The Morgan fingerprint density at radius 3 is 2.29 bits per heavy atom. The molecule has 0 bridgehead atoms. The van der Waals surface area contributed by atoms with E-state index in [9.17, 15) is 4.79 Å². The third kappa shape index (κ3) is 5.44. The zero-order valence-electron chi connectivity index (χ0n) is 20.7. The van der Waals surface area contributed by atoms with Crippen molar-refractivity contribution in [3.05, 3.63) is 89.7 Å². The second kappa shape index (κ2) is 11.1. The third-order valence-corrected chi connectivity index (χ3v) is 7.37.